The largest absolute Gasteiger partial charge is 0.480 e. The lowest BCUT2D eigenvalue weighted by molar-refractivity contribution is -0.141. The summed E-state index contributed by atoms with van der Waals surface area (Å²) in [5.74, 6) is 0.237. The summed E-state index contributed by atoms with van der Waals surface area (Å²) < 4.78 is 1.98. The fraction of sp³-hybridized carbons (Fsp3) is 0.733. The highest BCUT2D eigenvalue weighted by Gasteiger charge is 2.28. The van der Waals surface area contributed by atoms with Crippen LogP contribution in [0.2, 0.25) is 0 Å². The highest BCUT2D eigenvalue weighted by atomic mass is 16.4. The van der Waals surface area contributed by atoms with Gasteiger partial charge in [0, 0.05) is 24.9 Å². The van der Waals surface area contributed by atoms with E-state index in [0.29, 0.717) is 0 Å². The molecule has 3 rings (SSSR count). The summed E-state index contributed by atoms with van der Waals surface area (Å²) in [6.07, 6.45) is 9.31. The van der Waals surface area contributed by atoms with Crippen molar-refractivity contribution in [3.8, 4) is 0 Å². The van der Waals surface area contributed by atoms with Gasteiger partial charge in [0.1, 0.15) is 11.9 Å². The van der Waals surface area contributed by atoms with Crippen molar-refractivity contribution >= 4 is 5.97 Å². The normalized spacial score (nSPS) is 23.5. The van der Waals surface area contributed by atoms with Gasteiger partial charge >= 0.3 is 5.97 Å². The van der Waals surface area contributed by atoms with Crippen LogP contribution in [0.3, 0.4) is 0 Å². The number of aryl methyl sites for hydroxylation is 1. The maximum Gasteiger partial charge on any atom is 0.326 e. The van der Waals surface area contributed by atoms with Crippen LogP contribution in [0.1, 0.15) is 49.7 Å². The van der Waals surface area contributed by atoms with Crippen molar-refractivity contribution in [2.24, 2.45) is 0 Å². The van der Waals surface area contributed by atoms with Gasteiger partial charge in [-0.05, 0) is 45.2 Å². The van der Waals surface area contributed by atoms with Crippen molar-refractivity contribution in [3.63, 3.8) is 0 Å². The molecule has 1 aromatic rings. The first-order chi connectivity index (χ1) is 9.75. The quantitative estimate of drug-likeness (QED) is 0.913. The third-order valence-corrected chi connectivity index (χ3v) is 4.56. The minimum atomic E-state index is -0.719. The van der Waals surface area contributed by atoms with Crippen molar-refractivity contribution < 1.29 is 9.90 Å². The fourth-order valence-corrected chi connectivity index (χ4v) is 3.47. The molecular weight excluding hydrogens is 254 g/mol. The number of hydrogen-bond donors (Lipinski definition) is 1. The molecule has 0 bridgehead atoms. The van der Waals surface area contributed by atoms with Gasteiger partial charge in [0.25, 0.3) is 0 Å². The first-order valence-corrected chi connectivity index (χ1v) is 7.76. The highest BCUT2D eigenvalue weighted by molar-refractivity contribution is 5.72. The number of nitrogens with zero attached hydrogens (tertiary/aromatic N) is 3. The third-order valence-electron chi connectivity index (χ3n) is 4.56. The summed E-state index contributed by atoms with van der Waals surface area (Å²) in [5, 5.41) is 9.39. The van der Waals surface area contributed by atoms with Crippen LogP contribution < -0.4 is 0 Å². The second-order valence-electron chi connectivity index (χ2n) is 5.93. The number of rotatable bonds is 4. The monoisotopic (exact) mass is 277 g/mol. The number of aromatic nitrogens is 2. The summed E-state index contributed by atoms with van der Waals surface area (Å²) in [7, 11) is 0. The van der Waals surface area contributed by atoms with Crippen LogP contribution >= 0.6 is 0 Å². The molecule has 1 N–H and O–H groups in total. The van der Waals surface area contributed by atoms with Crippen molar-refractivity contribution in [1.29, 1.82) is 0 Å². The van der Waals surface area contributed by atoms with Gasteiger partial charge in [0.2, 0.25) is 0 Å². The summed E-state index contributed by atoms with van der Waals surface area (Å²) in [6.45, 7) is 3.36. The first kappa shape index (κ1) is 13.6. The van der Waals surface area contributed by atoms with E-state index in [-0.39, 0.29) is 0 Å². The fourth-order valence-electron chi connectivity index (χ4n) is 3.47. The molecule has 2 aliphatic heterocycles. The Morgan fingerprint density at radius 2 is 2.10 bits per heavy atom. The molecule has 3 heterocycles. The lowest BCUT2D eigenvalue weighted by atomic mass is 10.0. The maximum absolute atomic E-state index is 11.4. The Balaban J connectivity index is 1.70. The molecule has 0 aromatic carbocycles. The molecule has 0 saturated carbocycles. The van der Waals surface area contributed by atoms with Crippen LogP contribution in [0.25, 0.3) is 0 Å². The van der Waals surface area contributed by atoms with Gasteiger partial charge in [-0.15, -0.1) is 0 Å². The second-order valence-corrected chi connectivity index (χ2v) is 5.93. The van der Waals surface area contributed by atoms with Crippen LogP contribution in [0.15, 0.2) is 6.20 Å². The van der Waals surface area contributed by atoms with Crippen LogP contribution in [0, 0.1) is 0 Å². The van der Waals surface area contributed by atoms with Crippen LogP contribution in [-0.2, 0) is 17.6 Å². The summed E-state index contributed by atoms with van der Waals surface area (Å²) >= 11 is 0. The Hall–Kier alpha value is -1.36. The lowest BCUT2D eigenvalue weighted by Gasteiger charge is -2.27. The molecule has 1 unspecified atom stereocenters. The molecule has 0 aliphatic carbocycles. The number of piperidine rings is 1. The Bertz CT molecular complexity index is 477. The summed E-state index contributed by atoms with van der Waals surface area (Å²) in [5.41, 5.74) is 1.09. The first-order valence-electron chi connectivity index (χ1n) is 7.76. The number of carboxylic acids is 1. The van der Waals surface area contributed by atoms with Crippen molar-refractivity contribution in [2.75, 3.05) is 19.6 Å². The van der Waals surface area contributed by atoms with E-state index in [4.69, 9.17) is 0 Å². The number of carbonyl (C=O) groups is 1. The molecule has 1 fully saturated rings. The zero-order valence-electron chi connectivity index (χ0n) is 11.9. The van der Waals surface area contributed by atoms with Gasteiger partial charge < -0.3 is 14.6 Å². The van der Waals surface area contributed by atoms with Gasteiger partial charge in [-0.1, -0.05) is 6.42 Å². The molecule has 2 aliphatic rings. The molecule has 1 saturated heterocycles. The van der Waals surface area contributed by atoms with Crippen LogP contribution in [0.5, 0.6) is 0 Å². The highest BCUT2D eigenvalue weighted by Crippen LogP contribution is 2.27. The van der Waals surface area contributed by atoms with Gasteiger partial charge in [0.05, 0.1) is 0 Å². The summed E-state index contributed by atoms with van der Waals surface area (Å²) in [6, 6.07) is -0.405. The Labute approximate surface area is 119 Å². The molecule has 20 heavy (non-hydrogen) atoms. The molecule has 110 valence electrons. The molecule has 0 amide bonds. The minimum Gasteiger partial charge on any atom is -0.480 e. The Kier molecular flexibility index (Phi) is 4.05. The van der Waals surface area contributed by atoms with Crippen LogP contribution in [-0.4, -0.2) is 45.2 Å². The van der Waals surface area contributed by atoms with E-state index in [0.717, 1.165) is 43.7 Å². The second kappa shape index (κ2) is 5.95. The zero-order valence-corrected chi connectivity index (χ0v) is 11.9. The maximum atomic E-state index is 11.4. The number of hydrogen-bond acceptors (Lipinski definition) is 3. The van der Waals surface area contributed by atoms with E-state index in [2.05, 4.69) is 9.88 Å². The predicted octanol–water partition coefficient (Wildman–Crippen LogP) is 1.87. The molecule has 5 nitrogen and oxygen atoms in total. The SMILES string of the molecule is O=C(O)C1CCCc2cnc(CCN3CCCCC3)n21. The summed E-state index contributed by atoms with van der Waals surface area (Å²) in [4.78, 5) is 18.4. The number of likely N-dealkylation sites (tertiary alicyclic amines) is 1. The Morgan fingerprint density at radius 3 is 2.85 bits per heavy atom. The van der Waals surface area contributed by atoms with Crippen molar-refractivity contribution in [1.82, 2.24) is 14.5 Å². The number of imidazole rings is 1. The predicted molar refractivity (Wildman–Crippen MR) is 75.8 cm³/mol. The van der Waals surface area contributed by atoms with Gasteiger partial charge in [-0.3, -0.25) is 0 Å². The molecule has 1 aromatic heterocycles. The van der Waals surface area contributed by atoms with E-state index in [9.17, 15) is 9.90 Å². The zero-order chi connectivity index (χ0) is 13.9. The lowest BCUT2D eigenvalue weighted by Crippen LogP contribution is -2.33. The van der Waals surface area contributed by atoms with Gasteiger partial charge in [0.15, 0.2) is 0 Å². The Morgan fingerprint density at radius 1 is 1.30 bits per heavy atom. The topological polar surface area (TPSA) is 58.4 Å². The number of aliphatic carboxylic acids is 1. The third kappa shape index (κ3) is 2.73. The molecule has 1 atom stereocenters. The van der Waals surface area contributed by atoms with Crippen molar-refractivity contribution in [2.45, 2.75) is 51.0 Å². The molecule has 5 heteroatoms. The van der Waals surface area contributed by atoms with E-state index in [1.807, 2.05) is 10.8 Å². The molecular formula is C15H23N3O2. The molecule has 0 radical (unpaired) electrons. The minimum absolute atomic E-state index is 0.405. The number of fused-ring (bicyclic) bond motifs is 1. The van der Waals surface area contributed by atoms with E-state index in [1.165, 1.54) is 32.4 Å². The van der Waals surface area contributed by atoms with Crippen molar-refractivity contribution in [3.05, 3.63) is 17.7 Å². The number of carboxylic acid groups (broad SMARTS) is 1. The average molecular weight is 277 g/mol. The van der Waals surface area contributed by atoms with E-state index >= 15 is 0 Å². The molecule has 0 spiro atoms. The van der Waals surface area contributed by atoms with Gasteiger partial charge in [-0.2, -0.15) is 0 Å². The smallest absolute Gasteiger partial charge is 0.326 e. The van der Waals surface area contributed by atoms with Crippen LogP contribution in [0.4, 0.5) is 0 Å². The van der Waals surface area contributed by atoms with Gasteiger partial charge in [-0.25, -0.2) is 9.78 Å². The van der Waals surface area contributed by atoms with E-state index < -0.39 is 12.0 Å². The van der Waals surface area contributed by atoms with E-state index in [1.54, 1.807) is 0 Å². The standard InChI is InChI=1S/C15H23N3O2/c19-15(20)13-6-4-5-12-11-16-14(18(12)13)7-10-17-8-2-1-3-9-17/h11,13H,1-10H2,(H,19,20). The average Bonchev–Trinajstić information content (AvgIpc) is 2.89.